The molecule has 2 fully saturated rings. The number of fused-ring (bicyclic) bond motifs is 2. The van der Waals surface area contributed by atoms with Crippen molar-refractivity contribution < 1.29 is 0 Å². The lowest BCUT2D eigenvalue weighted by atomic mass is 9.93. The number of benzene rings is 1. The zero-order chi connectivity index (χ0) is 14.7. The summed E-state index contributed by atoms with van der Waals surface area (Å²) < 4.78 is 0. The highest BCUT2D eigenvalue weighted by Gasteiger charge is 2.37. The van der Waals surface area contributed by atoms with Gasteiger partial charge in [-0.3, -0.25) is 4.90 Å². The topological polar surface area (TPSA) is 39.1 Å². The molecule has 2 aliphatic rings. The number of hydrogen-bond acceptors (Lipinski definition) is 3. The van der Waals surface area contributed by atoms with E-state index in [9.17, 15) is 5.26 Å². The molecule has 112 valence electrons. The largest absolute Gasteiger partial charge is 0.311 e. The van der Waals surface area contributed by atoms with Gasteiger partial charge in [0.05, 0.1) is 12.5 Å². The van der Waals surface area contributed by atoms with E-state index in [4.69, 9.17) is 0 Å². The minimum Gasteiger partial charge on any atom is -0.311 e. The number of piperidine rings is 1. The molecule has 3 rings (SSSR count). The second kappa shape index (κ2) is 6.60. The first-order valence-corrected chi connectivity index (χ1v) is 8.25. The molecule has 3 atom stereocenters. The van der Waals surface area contributed by atoms with Crippen LogP contribution in [0.1, 0.15) is 50.6 Å². The lowest BCUT2D eigenvalue weighted by Gasteiger charge is -2.41. The fourth-order valence-corrected chi connectivity index (χ4v) is 4.22. The summed E-state index contributed by atoms with van der Waals surface area (Å²) in [5.41, 5.74) is 1.28. The molecule has 3 unspecified atom stereocenters. The van der Waals surface area contributed by atoms with Crippen molar-refractivity contribution in [3.63, 3.8) is 0 Å². The summed E-state index contributed by atoms with van der Waals surface area (Å²) in [5, 5.41) is 13.0. The standard InChI is InChI=1S/C18H25N3/c1-2-21(17-12-15-8-9-16(13-17)20-15)18(10-11-19)14-6-4-3-5-7-14/h3-7,15-18,20H,2,8-10,12-13H2,1H3. The fraction of sp³-hybridized carbons (Fsp3) is 0.611. The molecule has 3 nitrogen and oxygen atoms in total. The molecule has 1 aromatic rings. The first-order valence-electron chi connectivity index (χ1n) is 8.25. The van der Waals surface area contributed by atoms with Gasteiger partial charge in [0.15, 0.2) is 0 Å². The lowest BCUT2D eigenvalue weighted by molar-refractivity contribution is 0.101. The van der Waals surface area contributed by atoms with Crippen LogP contribution in [0.15, 0.2) is 30.3 Å². The van der Waals surface area contributed by atoms with Crippen LogP contribution >= 0.6 is 0 Å². The predicted octanol–water partition coefficient (Wildman–Crippen LogP) is 3.25. The van der Waals surface area contributed by atoms with Crippen LogP contribution in [0.3, 0.4) is 0 Å². The van der Waals surface area contributed by atoms with Gasteiger partial charge >= 0.3 is 0 Å². The predicted molar refractivity (Wildman–Crippen MR) is 84.8 cm³/mol. The van der Waals surface area contributed by atoms with Crippen LogP contribution in [0.2, 0.25) is 0 Å². The second-order valence-corrected chi connectivity index (χ2v) is 6.38. The Hall–Kier alpha value is -1.37. The van der Waals surface area contributed by atoms with Crippen LogP contribution in [0.25, 0.3) is 0 Å². The molecule has 0 radical (unpaired) electrons. The van der Waals surface area contributed by atoms with Gasteiger partial charge in [-0.25, -0.2) is 0 Å². The molecule has 2 aliphatic heterocycles. The summed E-state index contributed by atoms with van der Waals surface area (Å²) in [5.74, 6) is 0. The van der Waals surface area contributed by atoms with Crippen LogP contribution in [-0.4, -0.2) is 29.6 Å². The maximum Gasteiger partial charge on any atom is 0.0641 e. The van der Waals surface area contributed by atoms with Gasteiger partial charge in [0.25, 0.3) is 0 Å². The van der Waals surface area contributed by atoms with Crippen molar-refractivity contribution in [1.82, 2.24) is 10.2 Å². The maximum atomic E-state index is 9.27. The van der Waals surface area contributed by atoms with Crippen molar-refractivity contribution in [3.8, 4) is 6.07 Å². The van der Waals surface area contributed by atoms with Gasteiger partial charge in [-0.15, -0.1) is 0 Å². The number of nitriles is 1. The van der Waals surface area contributed by atoms with Crippen LogP contribution in [0.5, 0.6) is 0 Å². The first kappa shape index (κ1) is 14.6. The third-order valence-corrected chi connectivity index (χ3v) is 5.15. The minimum absolute atomic E-state index is 0.240. The van der Waals surface area contributed by atoms with Gasteiger partial charge in [-0.1, -0.05) is 37.3 Å². The Morgan fingerprint density at radius 2 is 1.90 bits per heavy atom. The van der Waals surface area contributed by atoms with E-state index in [2.05, 4.69) is 47.5 Å². The maximum absolute atomic E-state index is 9.27. The summed E-state index contributed by atoms with van der Waals surface area (Å²) in [4.78, 5) is 2.57. The summed E-state index contributed by atoms with van der Waals surface area (Å²) in [6.07, 6.45) is 5.70. The Kier molecular flexibility index (Phi) is 4.57. The average Bonchev–Trinajstić information content (AvgIpc) is 2.86. The van der Waals surface area contributed by atoms with Gasteiger partial charge in [-0.2, -0.15) is 5.26 Å². The van der Waals surface area contributed by atoms with Gasteiger partial charge in [0.2, 0.25) is 0 Å². The molecule has 2 bridgehead atoms. The summed E-state index contributed by atoms with van der Waals surface area (Å²) in [7, 11) is 0. The summed E-state index contributed by atoms with van der Waals surface area (Å²) in [6, 6.07) is 15.2. The highest BCUT2D eigenvalue weighted by Crippen LogP contribution is 2.35. The lowest BCUT2D eigenvalue weighted by Crippen LogP contribution is -2.49. The molecular weight excluding hydrogens is 258 g/mol. The van der Waals surface area contributed by atoms with Crippen molar-refractivity contribution >= 4 is 0 Å². The van der Waals surface area contributed by atoms with E-state index in [-0.39, 0.29) is 6.04 Å². The molecule has 0 aromatic heterocycles. The molecule has 0 saturated carbocycles. The normalized spacial score (nSPS) is 29.3. The molecule has 2 saturated heterocycles. The quantitative estimate of drug-likeness (QED) is 0.901. The number of rotatable bonds is 5. The number of nitrogens with one attached hydrogen (secondary N) is 1. The highest BCUT2D eigenvalue weighted by molar-refractivity contribution is 5.20. The van der Waals surface area contributed by atoms with Crippen LogP contribution in [0, 0.1) is 11.3 Å². The second-order valence-electron chi connectivity index (χ2n) is 6.38. The third kappa shape index (κ3) is 3.12. The van der Waals surface area contributed by atoms with Gasteiger partial charge in [-0.05, 0) is 37.8 Å². The zero-order valence-electron chi connectivity index (χ0n) is 12.8. The first-order chi connectivity index (χ1) is 10.3. The van der Waals surface area contributed by atoms with Crippen LogP contribution in [0.4, 0.5) is 0 Å². The monoisotopic (exact) mass is 283 g/mol. The Bertz CT molecular complexity index is 481. The van der Waals surface area contributed by atoms with Crippen molar-refractivity contribution in [2.45, 2.75) is 63.2 Å². The molecule has 21 heavy (non-hydrogen) atoms. The Morgan fingerprint density at radius 3 is 2.48 bits per heavy atom. The van der Waals surface area contributed by atoms with Crippen molar-refractivity contribution in [1.29, 1.82) is 5.26 Å². The number of nitrogens with zero attached hydrogens (tertiary/aromatic N) is 2. The molecule has 0 spiro atoms. The van der Waals surface area contributed by atoms with E-state index in [0.717, 1.165) is 6.54 Å². The molecule has 0 aliphatic carbocycles. The molecule has 3 heteroatoms. The zero-order valence-corrected chi connectivity index (χ0v) is 12.8. The van der Waals surface area contributed by atoms with E-state index >= 15 is 0 Å². The van der Waals surface area contributed by atoms with E-state index in [0.29, 0.717) is 24.5 Å². The molecule has 1 aromatic carbocycles. The van der Waals surface area contributed by atoms with E-state index < -0.39 is 0 Å². The Morgan fingerprint density at radius 1 is 1.24 bits per heavy atom. The van der Waals surface area contributed by atoms with E-state index in [1.165, 1.54) is 31.2 Å². The molecule has 1 N–H and O–H groups in total. The van der Waals surface area contributed by atoms with Gasteiger partial charge < -0.3 is 5.32 Å². The van der Waals surface area contributed by atoms with Crippen molar-refractivity contribution in [2.75, 3.05) is 6.54 Å². The van der Waals surface area contributed by atoms with E-state index in [1.54, 1.807) is 0 Å². The van der Waals surface area contributed by atoms with E-state index in [1.807, 2.05) is 6.07 Å². The molecule has 0 amide bonds. The van der Waals surface area contributed by atoms with Crippen molar-refractivity contribution in [2.24, 2.45) is 0 Å². The summed E-state index contributed by atoms with van der Waals surface area (Å²) >= 11 is 0. The Balaban J connectivity index is 1.80. The van der Waals surface area contributed by atoms with Crippen LogP contribution in [-0.2, 0) is 0 Å². The number of hydrogen-bond donors (Lipinski definition) is 1. The fourth-order valence-electron chi connectivity index (χ4n) is 4.22. The van der Waals surface area contributed by atoms with Gasteiger partial charge in [0, 0.05) is 24.2 Å². The van der Waals surface area contributed by atoms with Crippen LogP contribution < -0.4 is 5.32 Å². The van der Waals surface area contributed by atoms with Gasteiger partial charge in [0.1, 0.15) is 0 Å². The SMILES string of the molecule is CCN(C1CC2CCC(C1)N2)C(CC#N)c1ccccc1. The third-order valence-electron chi connectivity index (χ3n) is 5.15. The average molecular weight is 283 g/mol. The smallest absolute Gasteiger partial charge is 0.0641 e. The van der Waals surface area contributed by atoms with Crippen molar-refractivity contribution in [3.05, 3.63) is 35.9 Å². The highest BCUT2D eigenvalue weighted by atomic mass is 15.2. The summed E-state index contributed by atoms with van der Waals surface area (Å²) in [6.45, 7) is 3.25. The Labute approximate surface area is 128 Å². The molecule has 2 heterocycles. The minimum atomic E-state index is 0.240. The molecular formula is C18H25N3.